The third kappa shape index (κ3) is 3.12. The number of nitrogens with one attached hydrogen (secondary N) is 1. The number of hydrazine groups is 1. The van der Waals surface area contributed by atoms with Gasteiger partial charge in [-0.1, -0.05) is 24.3 Å². The number of hydrogen-bond acceptors (Lipinski definition) is 4. The lowest BCUT2D eigenvalue weighted by atomic mass is 9.79. The summed E-state index contributed by atoms with van der Waals surface area (Å²) in [6.07, 6.45) is 4.77. The average molecular weight is 302 g/mol. The van der Waals surface area contributed by atoms with E-state index in [1.54, 1.807) is 18.4 Å². The standard InChI is InChI=1S/C17H22N2OS/c1-20-14-10-17(21-11-14)16(19-18)9-13-7-4-6-12-5-2-3-8-15(12)13/h2-3,5,8,10-11,13,16,19H,4,6-7,9,18H2,1H3. The molecule has 0 bridgehead atoms. The number of methoxy groups -OCH3 is 1. The molecule has 0 amide bonds. The smallest absolute Gasteiger partial charge is 0.129 e. The van der Waals surface area contributed by atoms with Crippen molar-refractivity contribution in [2.45, 2.75) is 37.6 Å². The normalized spacial score (nSPS) is 19.0. The van der Waals surface area contributed by atoms with E-state index in [4.69, 9.17) is 10.6 Å². The third-order valence-corrected chi connectivity index (χ3v) is 5.41. The van der Waals surface area contributed by atoms with E-state index in [0.717, 1.165) is 12.2 Å². The van der Waals surface area contributed by atoms with Gasteiger partial charge in [0.25, 0.3) is 0 Å². The number of ether oxygens (including phenoxy) is 1. The van der Waals surface area contributed by atoms with Gasteiger partial charge in [0.05, 0.1) is 13.2 Å². The van der Waals surface area contributed by atoms with Crippen LogP contribution in [0.3, 0.4) is 0 Å². The van der Waals surface area contributed by atoms with Gasteiger partial charge >= 0.3 is 0 Å². The Kier molecular flexibility index (Phi) is 4.58. The molecule has 0 fully saturated rings. The number of benzene rings is 1. The zero-order valence-corrected chi connectivity index (χ0v) is 13.2. The SMILES string of the molecule is COc1csc(C(CC2CCCc3ccccc32)NN)c1. The molecule has 0 radical (unpaired) electrons. The number of aryl methyl sites for hydroxylation is 1. The highest BCUT2D eigenvalue weighted by Crippen LogP contribution is 2.39. The van der Waals surface area contributed by atoms with Gasteiger partial charge in [0.2, 0.25) is 0 Å². The maximum Gasteiger partial charge on any atom is 0.129 e. The topological polar surface area (TPSA) is 47.3 Å². The molecule has 3 N–H and O–H groups in total. The van der Waals surface area contributed by atoms with Crippen molar-refractivity contribution in [2.75, 3.05) is 7.11 Å². The molecule has 112 valence electrons. The van der Waals surface area contributed by atoms with Crippen LogP contribution in [0.5, 0.6) is 5.75 Å². The van der Waals surface area contributed by atoms with E-state index in [-0.39, 0.29) is 6.04 Å². The summed E-state index contributed by atoms with van der Waals surface area (Å²) < 4.78 is 5.28. The Morgan fingerprint density at radius 1 is 1.43 bits per heavy atom. The van der Waals surface area contributed by atoms with Crippen LogP contribution in [0, 0.1) is 0 Å². The fourth-order valence-electron chi connectivity index (χ4n) is 3.27. The molecule has 0 saturated heterocycles. The lowest BCUT2D eigenvalue weighted by molar-refractivity contribution is 0.412. The fourth-order valence-corrected chi connectivity index (χ4v) is 4.20. The molecule has 21 heavy (non-hydrogen) atoms. The van der Waals surface area contributed by atoms with Crippen molar-refractivity contribution in [2.24, 2.45) is 5.84 Å². The number of rotatable bonds is 5. The quantitative estimate of drug-likeness (QED) is 0.653. The van der Waals surface area contributed by atoms with Gasteiger partial charge in [-0.15, -0.1) is 11.3 Å². The fraction of sp³-hybridized carbons (Fsp3) is 0.412. The summed E-state index contributed by atoms with van der Waals surface area (Å²) in [4.78, 5) is 1.25. The van der Waals surface area contributed by atoms with Crippen molar-refractivity contribution in [3.63, 3.8) is 0 Å². The van der Waals surface area contributed by atoms with E-state index < -0.39 is 0 Å². The van der Waals surface area contributed by atoms with E-state index in [9.17, 15) is 0 Å². The highest BCUT2D eigenvalue weighted by Gasteiger charge is 2.24. The van der Waals surface area contributed by atoms with E-state index in [0.29, 0.717) is 5.92 Å². The molecule has 1 aromatic carbocycles. The molecule has 1 heterocycles. The monoisotopic (exact) mass is 302 g/mol. The van der Waals surface area contributed by atoms with Gasteiger partial charge in [0.1, 0.15) is 5.75 Å². The Labute approximate surface area is 130 Å². The lowest BCUT2D eigenvalue weighted by Gasteiger charge is -2.28. The molecule has 2 atom stereocenters. The first-order valence-corrected chi connectivity index (χ1v) is 8.36. The molecule has 1 aliphatic rings. The lowest BCUT2D eigenvalue weighted by Crippen LogP contribution is -2.29. The first-order chi connectivity index (χ1) is 10.3. The van der Waals surface area contributed by atoms with Crippen LogP contribution in [0.1, 0.15) is 47.2 Å². The van der Waals surface area contributed by atoms with Gasteiger partial charge < -0.3 is 4.74 Å². The van der Waals surface area contributed by atoms with Gasteiger partial charge in [-0.05, 0) is 48.8 Å². The summed E-state index contributed by atoms with van der Waals surface area (Å²) in [5.74, 6) is 7.31. The Morgan fingerprint density at radius 2 is 2.29 bits per heavy atom. The molecule has 1 aliphatic carbocycles. The predicted octanol–water partition coefficient (Wildman–Crippen LogP) is 3.77. The highest BCUT2D eigenvalue weighted by molar-refractivity contribution is 7.10. The summed E-state index contributed by atoms with van der Waals surface area (Å²) in [5.41, 5.74) is 6.00. The Morgan fingerprint density at radius 3 is 3.05 bits per heavy atom. The van der Waals surface area contributed by atoms with E-state index >= 15 is 0 Å². The number of fused-ring (bicyclic) bond motifs is 1. The number of nitrogens with two attached hydrogens (primary N) is 1. The van der Waals surface area contributed by atoms with Crippen molar-refractivity contribution in [3.05, 3.63) is 51.7 Å². The number of hydrogen-bond donors (Lipinski definition) is 2. The van der Waals surface area contributed by atoms with Crippen LogP contribution < -0.4 is 16.0 Å². The predicted molar refractivity (Wildman–Crippen MR) is 87.7 cm³/mol. The maximum atomic E-state index is 5.81. The van der Waals surface area contributed by atoms with Crippen LogP contribution in [0.4, 0.5) is 0 Å². The second kappa shape index (κ2) is 6.60. The summed E-state index contributed by atoms with van der Waals surface area (Å²) in [5, 5.41) is 2.04. The van der Waals surface area contributed by atoms with Crippen LogP contribution >= 0.6 is 11.3 Å². The molecule has 2 unspecified atom stereocenters. The minimum atomic E-state index is 0.190. The van der Waals surface area contributed by atoms with Crippen LogP contribution in [0.25, 0.3) is 0 Å². The van der Waals surface area contributed by atoms with Crippen molar-refractivity contribution < 1.29 is 4.74 Å². The summed E-state index contributed by atoms with van der Waals surface area (Å²) in [6, 6.07) is 11.1. The largest absolute Gasteiger partial charge is 0.496 e. The van der Waals surface area contributed by atoms with Crippen LogP contribution in [0.2, 0.25) is 0 Å². The van der Waals surface area contributed by atoms with Crippen molar-refractivity contribution in [1.29, 1.82) is 0 Å². The van der Waals surface area contributed by atoms with Gasteiger partial charge in [0.15, 0.2) is 0 Å². The van der Waals surface area contributed by atoms with Gasteiger partial charge in [-0.25, -0.2) is 0 Å². The van der Waals surface area contributed by atoms with Crippen molar-refractivity contribution in [1.82, 2.24) is 5.43 Å². The molecule has 3 nitrogen and oxygen atoms in total. The first-order valence-electron chi connectivity index (χ1n) is 7.48. The van der Waals surface area contributed by atoms with Gasteiger partial charge in [-0.2, -0.15) is 0 Å². The first kappa shape index (κ1) is 14.6. The van der Waals surface area contributed by atoms with Gasteiger partial charge in [-0.3, -0.25) is 11.3 Å². The van der Waals surface area contributed by atoms with Gasteiger partial charge in [0, 0.05) is 10.3 Å². The van der Waals surface area contributed by atoms with Crippen LogP contribution in [-0.2, 0) is 6.42 Å². The molecule has 0 spiro atoms. The second-order valence-corrected chi connectivity index (χ2v) is 6.57. The zero-order valence-electron chi connectivity index (χ0n) is 12.3. The molecule has 0 aliphatic heterocycles. The molecule has 1 aromatic heterocycles. The minimum Gasteiger partial charge on any atom is -0.496 e. The molecule has 0 saturated carbocycles. The summed E-state index contributed by atoms with van der Waals surface area (Å²) >= 11 is 1.71. The van der Waals surface area contributed by atoms with Crippen LogP contribution in [0.15, 0.2) is 35.7 Å². The molecular weight excluding hydrogens is 280 g/mol. The third-order valence-electron chi connectivity index (χ3n) is 4.39. The number of thiophene rings is 1. The molecule has 4 heteroatoms. The van der Waals surface area contributed by atoms with Crippen molar-refractivity contribution >= 4 is 11.3 Å². The molecule has 2 aromatic rings. The Hall–Kier alpha value is -1.36. The Balaban J connectivity index is 1.78. The summed E-state index contributed by atoms with van der Waals surface area (Å²) in [7, 11) is 1.70. The van der Waals surface area contributed by atoms with E-state index in [1.165, 1.54) is 35.3 Å². The average Bonchev–Trinajstić information content (AvgIpc) is 3.01. The van der Waals surface area contributed by atoms with Crippen LogP contribution in [-0.4, -0.2) is 7.11 Å². The highest BCUT2D eigenvalue weighted by atomic mass is 32.1. The van der Waals surface area contributed by atoms with E-state index in [1.807, 2.05) is 5.38 Å². The Bertz CT molecular complexity index is 596. The zero-order chi connectivity index (χ0) is 14.7. The minimum absolute atomic E-state index is 0.190. The molecular formula is C17H22N2OS. The maximum absolute atomic E-state index is 5.81. The molecule has 3 rings (SSSR count). The second-order valence-electron chi connectivity index (χ2n) is 5.63. The van der Waals surface area contributed by atoms with Crippen molar-refractivity contribution in [3.8, 4) is 5.75 Å². The summed E-state index contributed by atoms with van der Waals surface area (Å²) in [6.45, 7) is 0. The van der Waals surface area contributed by atoms with E-state index in [2.05, 4.69) is 35.8 Å².